The first kappa shape index (κ1) is 14.4. The van der Waals surface area contributed by atoms with E-state index in [0.717, 1.165) is 47.7 Å². The maximum absolute atomic E-state index is 12.8. The summed E-state index contributed by atoms with van der Waals surface area (Å²) >= 11 is 1.50. The van der Waals surface area contributed by atoms with Crippen LogP contribution in [0.3, 0.4) is 0 Å². The smallest absolute Gasteiger partial charge is 0.264 e. The highest BCUT2D eigenvalue weighted by Crippen LogP contribution is 2.32. The number of fused-ring (bicyclic) bond motifs is 1. The van der Waals surface area contributed by atoms with Crippen LogP contribution in [0.25, 0.3) is 5.65 Å². The van der Waals surface area contributed by atoms with Crippen LogP contribution >= 0.6 is 11.3 Å². The molecule has 0 radical (unpaired) electrons. The second-order valence-corrected chi connectivity index (χ2v) is 6.88. The topological polar surface area (TPSA) is 50.5 Å². The van der Waals surface area contributed by atoms with Gasteiger partial charge in [-0.05, 0) is 43.7 Å². The van der Waals surface area contributed by atoms with Gasteiger partial charge in [0.25, 0.3) is 5.91 Å². The zero-order chi connectivity index (χ0) is 15.8. The molecule has 0 spiro atoms. The van der Waals surface area contributed by atoms with Crippen molar-refractivity contribution in [1.82, 2.24) is 19.5 Å². The van der Waals surface area contributed by atoms with Crippen molar-refractivity contribution in [2.75, 3.05) is 6.54 Å². The fraction of sp³-hybridized carbons (Fsp3) is 0.353. The van der Waals surface area contributed by atoms with E-state index >= 15 is 0 Å². The standard InChI is InChI=1S/C17H18N4OS/c1-12-11-16-18-13(7-9-21(16)19-12)14-5-2-3-8-20(14)17(22)15-6-4-10-23-15/h4,6-7,9-11,14H,2-3,5,8H2,1H3/t14-/m1/s1. The van der Waals surface area contributed by atoms with Crippen LogP contribution in [0.15, 0.2) is 35.8 Å². The van der Waals surface area contributed by atoms with E-state index in [1.165, 1.54) is 11.3 Å². The molecule has 23 heavy (non-hydrogen) atoms. The Balaban J connectivity index is 1.69. The zero-order valence-electron chi connectivity index (χ0n) is 13.0. The van der Waals surface area contributed by atoms with Crippen LogP contribution < -0.4 is 0 Å². The largest absolute Gasteiger partial charge is 0.329 e. The summed E-state index contributed by atoms with van der Waals surface area (Å²) in [6, 6.07) is 7.84. The number of amides is 1. The van der Waals surface area contributed by atoms with Gasteiger partial charge in [-0.15, -0.1) is 11.3 Å². The van der Waals surface area contributed by atoms with Crippen molar-refractivity contribution in [3.63, 3.8) is 0 Å². The second kappa shape index (κ2) is 5.77. The first-order valence-electron chi connectivity index (χ1n) is 7.90. The Labute approximate surface area is 138 Å². The van der Waals surface area contributed by atoms with Crippen molar-refractivity contribution in [2.45, 2.75) is 32.2 Å². The second-order valence-electron chi connectivity index (χ2n) is 5.93. The normalized spacial score (nSPS) is 18.5. The minimum absolute atomic E-state index is 0.0542. The first-order chi connectivity index (χ1) is 11.2. The van der Waals surface area contributed by atoms with E-state index in [2.05, 4.69) is 5.10 Å². The quantitative estimate of drug-likeness (QED) is 0.724. The summed E-state index contributed by atoms with van der Waals surface area (Å²) < 4.78 is 1.78. The van der Waals surface area contributed by atoms with Crippen molar-refractivity contribution >= 4 is 22.9 Å². The van der Waals surface area contributed by atoms with Gasteiger partial charge in [0, 0.05) is 18.8 Å². The molecule has 1 fully saturated rings. The van der Waals surface area contributed by atoms with Crippen LogP contribution in [0.1, 0.15) is 46.4 Å². The number of carbonyl (C=O) groups excluding carboxylic acids is 1. The lowest BCUT2D eigenvalue weighted by molar-refractivity contribution is 0.0611. The van der Waals surface area contributed by atoms with E-state index in [1.807, 2.05) is 47.7 Å². The van der Waals surface area contributed by atoms with E-state index in [9.17, 15) is 4.79 Å². The van der Waals surface area contributed by atoms with Gasteiger partial charge >= 0.3 is 0 Å². The Bertz CT molecular complexity index is 840. The van der Waals surface area contributed by atoms with Crippen LogP contribution in [-0.2, 0) is 0 Å². The number of aromatic nitrogens is 3. The molecule has 1 atom stereocenters. The molecule has 5 nitrogen and oxygen atoms in total. The highest BCUT2D eigenvalue weighted by atomic mass is 32.1. The number of nitrogens with zero attached hydrogens (tertiary/aromatic N) is 4. The minimum atomic E-state index is 0.0542. The molecular formula is C17H18N4OS. The highest BCUT2D eigenvalue weighted by Gasteiger charge is 2.30. The third kappa shape index (κ3) is 2.63. The summed E-state index contributed by atoms with van der Waals surface area (Å²) in [6.45, 7) is 2.76. The van der Waals surface area contributed by atoms with Crippen LogP contribution in [0.2, 0.25) is 0 Å². The van der Waals surface area contributed by atoms with Gasteiger partial charge in [-0.3, -0.25) is 4.79 Å². The Hall–Kier alpha value is -2.21. The number of likely N-dealkylation sites (tertiary alicyclic amines) is 1. The summed E-state index contributed by atoms with van der Waals surface area (Å²) in [7, 11) is 0. The van der Waals surface area contributed by atoms with Gasteiger partial charge in [-0.1, -0.05) is 6.07 Å². The Morgan fingerprint density at radius 2 is 2.26 bits per heavy atom. The van der Waals surface area contributed by atoms with Crippen LogP contribution in [0.5, 0.6) is 0 Å². The molecule has 0 unspecified atom stereocenters. The average Bonchev–Trinajstić information content (AvgIpc) is 3.22. The monoisotopic (exact) mass is 326 g/mol. The molecule has 3 aromatic heterocycles. The SMILES string of the molecule is Cc1cc2nc([C@H]3CCCCN3C(=O)c3cccs3)ccn2n1. The van der Waals surface area contributed by atoms with Gasteiger partial charge in [-0.2, -0.15) is 5.10 Å². The third-order valence-corrected chi connectivity index (χ3v) is 5.16. The van der Waals surface area contributed by atoms with Gasteiger partial charge < -0.3 is 4.90 Å². The molecule has 6 heteroatoms. The van der Waals surface area contributed by atoms with Crippen molar-refractivity contribution in [2.24, 2.45) is 0 Å². The average molecular weight is 326 g/mol. The summed E-state index contributed by atoms with van der Waals surface area (Å²) in [6.07, 6.45) is 5.09. The van der Waals surface area contributed by atoms with Gasteiger partial charge in [-0.25, -0.2) is 9.50 Å². The van der Waals surface area contributed by atoms with Gasteiger partial charge in [0.05, 0.1) is 22.3 Å². The number of carbonyl (C=O) groups is 1. The molecule has 1 amide bonds. The number of hydrogen-bond donors (Lipinski definition) is 0. The van der Waals surface area contributed by atoms with Crippen molar-refractivity contribution in [3.05, 3.63) is 52.1 Å². The summed E-state index contributed by atoms with van der Waals surface area (Å²) in [5.41, 5.74) is 2.75. The lowest BCUT2D eigenvalue weighted by Crippen LogP contribution is -2.38. The Kier molecular flexibility index (Phi) is 3.61. The number of piperidine rings is 1. The number of thiophene rings is 1. The number of rotatable bonds is 2. The molecule has 1 aliphatic rings. The summed E-state index contributed by atoms with van der Waals surface area (Å²) in [4.78, 5) is 20.3. The fourth-order valence-electron chi connectivity index (χ4n) is 3.22. The van der Waals surface area contributed by atoms with E-state index in [-0.39, 0.29) is 11.9 Å². The highest BCUT2D eigenvalue weighted by molar-refractivity contribution is 7.12. The molecule has 1 aliphatic heterocycles. The Morgan fingerprint density at radius 3 is 3.09 bits per heavy atom. The Morgan fingerprint density at radius 1 is 1.35 bits per heavy atom. The number of hydrogen-bond acceptors (Lipinski definition) is 4. The van der Waals surface area contributed by atoms with Crippen LogP contribution in [0.4, 0.5) is 0 Å². The van der Waals surface area contributed by atoms with Gasteiger partial charge in [0.15, 0.2) is 5.65 Å². The predicted octanol–water partition coefficient (Wildman–Crippen LogP) is 3.47. The minimum Gasteiger partial charge on any atom is -0.329 e. The first-order valence-corrected chi connectivity index (χ1v) is 8.78. The summed E-state index contributed by atoms with van der Waals surface area (Å²) in [5.74, 6) is 0.121. The van der Waals surface area contributed by atoms with Crippen molar-refractivity contribution < 1.29 is 4.79 Å². The van der Waals surface area contributed by atoms with E-state index < -0.39 is 0 Å². The van der Waals surface area contributed by atoms with Crippen LogP contribution in [0, 0.1) is 6.92 Å². The zero-order valence-corrected chi connectivity index (χ0v) is 13.8. The van der Waals surface area contributed by atoms with Gasteiger partial charge in [0.2, 0.25) is 0 Å². The summed E-state index contributed by atoms with van der Waals surface area (Å²) in [5, 5.41) is 6.32. The molecule has 0 aromatic carbocycles. The predicted molar refractivity (Wildman–Crippen MR) is 89.7 cm³/mol. The fourth-order valence-corrected chi connectivity index (χ4v) is 3.90. The van der Waals surface area contributed by atoms with Crippen LogP contribution in [-0.4, -0.2) is 31.9 Å². The molecule has 0 aliphatic carbocycles. The molecular weight excluding hydrogens is 308 g/mol. The molecule has 0 saturated carbocycles. The van der Waals surface area contributed by atoms with E-state index in [1.54, 1.807) is 4.52 Å². The van der Waals surface area contributed by atoms with E-state index in [0.29, 0.717) is 0 Å². The molecule has 4 heterocycles. The molecule has 0 bridgehead atoms. The molecule has 118 valence electrons. The molecule has 4 rings (SSSR count). The maximum atomic E-state index is 12.8. The number of aryl methyl sites for hydroxylation is 1. The molecule has 0 N–H and O–H groups in total. The molecule has 1 saturated heterocycles. The van der Waals surface area contributed by atoms with Crippen molar-refractivity contribution in [1.29, 1.82) is 0 Å². The van der Waals surface area contributed by atoms with Crippen molar-refractivity contribution in [3.8, 4) is 0 Å². The lowest BCUT2D eigenvalue weighted by Gasteiger charge is -2.35. The maximum Gasteiger partial charge on any atom is 0.264 e. The van der Waals surface area contributed by atoms with E-state index in [4.69, 9.17) is 4.98 Å². The third-order valence-electron chi connectivity index (χ3n) is 4.31. The molecule has 3 aromatic rings. The van der Waals surface area contributed by atoms with Gasteiger partial charge in [0.1, 0.15) is 0 Å². The lowest BCUT2D eigenvalue weighted by atomic mass is 9.99.